The third kappa shape index (κ3) is 4.44. The number of nitrogens with one attached hydrogen (secondary N) is 1. The molecule has 0 aliphatic carbocycles. The number of benzene rings is 2. The van der Waals surface area contributed by atoms with Crippen molar-refractivity contribution in [2.45, 2.75) is 0 Å². The van der Waals surface area contributed by atoms with E-state index in [0.717, 1.165) is 12.1 Å². The fourth-order valence-electron chi connectivity index (χ4n) is 1.57. The molecule has 0 aromatic heterocycles. The minimum absolute atomic E-state index is 0.156. The minimum atomic E-state index is -0.718. The molecule has 0 unspecified atom stereocenters. The second kappa shape index (κ2) is 7.24. The molecule has 1 N–H and O–H groups in total. The number of rotatable bonds is 4. The minimum Gasteiger partial charge on any atom is -0.452 e. The van der Waals surface area contributed by atoms with Gasteiger partial charge in [-0.05, 0) is 42.5 Å². The average Bonchev–Trinajstić information content (AvgIpc) is 2.49. The monoisotopic (exact) mass is 341 g/mol. The number of carbonyl (C=O) groups excluding carboxylic acids is 2. The van der Waals surface area contributed by atoms with Crippen LogP contribution in [0.2, 0.25) is 10.0 Å². The fraction of sp³-hybridized carbons (Fsp3) is 0.0667. The molecule has 0 atom stereocenters. The van der Waals surface area contributed by atoms with Gasteiger partial charge in [-0.1, -0.05) is 23.2 Å². The lowest BCUT2D eigenvalue weighted by atomic mass is 10.2. The first-order valence-corrected chi connectivity index (χ1v) is 6.89. The molecule has 0 fully saturated rings. The van der Waals surface area contributed by atoms with Gasteiger partial charge in [0.1, 0.15) is 5.82 Å². The van der Waals surface area contributed by atoms with Crippen molar-refractivity contribution in [1.29, 1.82) is 0 Å². The molecule has 22 heavy (non-hydrogen) atoms. The molecule has 0 saturated carbocycles. The second-order valence-electron chi connectivity index (χ2n) is 4.26. The number of hydrogen-bond acceptors (Lipinski definition) is 3. The quantitative estimate of drug-likeness (QED) is 0.857. The highest BCUT2D eigenvalue weighted by molar-refractivity contribution is 6.42. The maximum atomic E-state index is 12.7. The average molecular weight is 342 g/mol. The lowest BCUT2D eigenvalue weighted by molar-refractivity contribution is -0.119. The Bertz CT molecular complexity index is 704. The Hall–Kier alpha value is -2.11. The molecule has 0 aliphatic heterocycles. The predicted octanol–water partition coefficient (Wildman–Crippen LogP) is 3.93. The molecule has 0 spiro atoms. The van der Waals surface area contributed by atoms with Crippen LogP contribution < -0.4 is 5.32 Å². The normalized spacial score (nSPS) is 10.1. The van der Waals surface area contributed by atoms with E-state index in [0.29, 0.717) is 15.7 Å². The van der Waals surface area contributed by atoms with E-state index >= 15 is 0 Å². The van der Waals surface area contributed by atoms with Crippen molar-refractivity contribution >= 4 is 40.8 Å². The van der Waals surface area contributed by atoms with E-state index in [1.165, 1.54) is 24.3 Å². The summed E-state index contributed by atoms with van der Waals surface area (Å²) in [5, 5.41) is 3.16. The molecule has 2 aromatic carbocycles. The number of carbonyl (C=O) groups is 2. The van der Waals surface area contributed by atoms with Crippen LogP contribution in [-0.4, -0.2) is 18.5 Å². The summed E-state index contributed by atoms with van der Waals surface area (Å²) in [4.78, 5) is 23.3. The van der Waals surface area contributed by atoms with E-state index < -0.39 is 24.3 Å². The largest absolute Gasteiger partial charge is 0.452 e. The molecule has 0 saturated heterocycles. The summed E-state index contributed by atoms with van der Waals surface area (Å²) in [5.41, 5.74) is 0.584. The molecule has 7 heteroatoms. The van der Waals surface area contributed by atoms with Gasteiger partial charge in [0.25, 0.3) is 5.91 Å². The molecule has 4 nitrogen and oxygen atoms in total. The van der Waals surface area contributed by atoms with Gasteiger partial charge in [-0.15, -0.1) is 0 Å². The second-order valence-corrected chi connectivity index (χ2v) is 5.07. The zero-order chi connectivity index (χ0) is 16.1. The van der Waals surface area contributed by atoms with E-state index in [1.807, 2.05) is 0 Å². The zero-order valence-corrected chi connectivity index (χ0v) is 12.6. The summed E-state index contributed by atoms with van der Waals surface area (Å²) in [7, 11) is 0. The summed E-state index contributed by atoms with van der Waals surface area (Å²) in [6, 6.07) is 9.38. The Kier molecular flexibility index (Phi) is 5.35. The predicted molar refractivity (Wildman–Crippen MR) is 81.8 cm³/mol. The van der Waals surface area contributed by atoms with Crippen LogP contribution in [0, 0.1) is 5.82 Å². The Morgan fingerprint density at radius 2 is 1.73 bits per heavy atom. The Morgan fingerprint density at radius 1 is 1.05 bits per heavy atom. The van der Waals surface area contributed by atoms with Crippen molar-refractivity contribution in [2.24, 2.45) is 0 Å². The molecule has 2 rings (SSSR count). The Labute approximate surface area is 135 Å². The first-order valence-electron chi connectivity index (χ1n) is 6.13. The van der Waals surface area contributed by atoms with Gasteiger partial charge in [-0.3, -0.25) is 4.79 Å². The van der Waals surface area contributed by atoms with Crippen molar-refractivity contribution < 1.29 is 18.7 Å². The van der Waals surface area contributed by atoms with Gasteiger partial charge < -0.3 is 10.1 Å². The maximum Gasteiger partial charge on any atom is 0.338 e. The number of hydrogen-bond donors (Lipinski definition) is 1. The van der Waals surface area contributed by atoms with E-state index in [-0.39, 0.29) is 5.56 Å². The molecule has 0 bridgehead atoms. The topological polar surface area (TPSA) is 55.4 Å². The first-order chi connectivity index (χ1) is 10.5. The van der Waals surface area contributed by atoms with Crippen molar-refractivity contribution in [2.75, 3.05) is 11.9 Å². The number of anilines is 1. The highest BCUT2D eigenvalue weighted by Gasteiger charge is 2.11. The fourth-order valence-corrected chi connectivity index (χ4v) is 1.87. The lowest BCUT2D eigenvalue weighted by Crippen LogP contribution is -2.20. The molecule has 0 radical (unpaired) electrons. The van der Waals surface area contributed by atoms with Crippen molar-refractivity contribution in [3.05, 3.63) is 63.9 Å². The summed E-state index contributed by atoms with van der Waals surface area (Å²) < 4.78 is 17.6. The Balaban J connectivity index is 1.88. The summed E-state index contributed by atoms with van der Waals surface area (Å²) >= 11 is 11.6. The maximum absolute atomic E-state index is 12.7. The third-order valence-corrected chi connectivity index (χ3v) is 3.36. The van der Waals surface area contributed by atoms with E-state index in [4.69, 9.17) is 27.9 Å². The smallest absolute Gasteiger partial charge is 0.338 e. The van der Waals surface area contributed by atoms with Crippen molar-refractivity contribution in [3.8, 4) is 0 Å². The van der Waals surface area contributed by atoms with Gasteiger partial charge in [0.2, 0.25) is 0 Å². The van der Waals surface area contributed by atoms with Crippen molar-refractivity contribution in [1.82, 2.24) is 0 Å². The molecule has 2 aromatic rings. The van der Waals surface area contributed by atoms with Crippen LogP contribution in [0.1, 0.15) is 10.4 Å². The highest BCUT2D eigenvalue weighted by atomic mass is 35.5. The molecule has 1 amide bonds. The molecular weight excluding hydrogens is 332 g/mol. The van der Waals surface area contributed by atoms with E-state index in [2.05, 4.69) is 5.32 Å². The van der Waals surface area contributed by atoms with E-state index in [1.54, 1.807) is 6.07 Å². The summed E-state index contributed by atoms with van der Waals surface area (Å²) in [6.07, 6.45) is 0. The SMILES string of the molecule is O=C(COC(=O)c1ccc(F)cc1)Nc1ccc(Cl)c(Cl)c1. The number of esters is 1. The van der Waals surface area contributed by atoms with Crippen LogP contribution in [0.25, 0.3) is 0 Å². The van der Waals surface area contributed by atoms with Crippen LogP contribution in [0.4, 0.5) is 10.1 Å². The Morgan fingerprint density at radius 3 is 2.36 bits per heavy atom. The molecular formula is C15H10Cl2FNO3. The van der Waals surface area contributed by atoms with Crippen LogP contribution in [0.15, 0.2) is 42.5 Å². The number of halogens is 3. The number of ether oxygens (including phenoxy) is 1. The van der Waals surface area contributed by atoms with Gasteiger partial charge in [-0.2, -0.15) is 0 Å². The van der Waals surface area contributed by atoms with Gasteiger partial charge in [0, 0.05) is 5.69 Å². The van der Waals surface area contributed by atoms with Gasteiger partial charge >= 0.3 is 5.97 Å². The summed E-state index contributed by atoms with van der Waals surface area (Å²) in [6.45, 7) is -0.476. The number of amides is 1. The van der Waals surface area contributed by atoms with Gasteiger partial charge in [0.05, 0.1) is 15.6 Å². The van der Waals surface area contributed by atoms with Gasteiger partial charge in [0.15, 0.2) is 6.61 Å². The van der Waals surface area contributed by atoms with Crippen LogP contribution in [0.5, 0.6) is 0 Å². The molecule has 114 valence electrons. The molecule has 0 aliphatic rings. The first kappa shape index (κ1) is 16.3. The zero-order valence-electron chi connectivity index (χ0n) is 11.1. The lowest BCUT2D eigenvalue weighted by Gasteiger charge is -2.07. The highest BCUT2D eigenvalue weighted by Crippen LogP contribution is 2.24. The van der Waals surface area contributed by atoms with Crippen LogP contribution >= 0.6 is 23.2 Å². The van der Waals surface area contributed by atoms with Crippen LogP contribution in [-0.2, 0) is 9.53 Å². The van der Waals surface area contributed by atoms with Crippen molar-refractivity contribution in [3.63, 3.8) is 0 Å². The van der Waals surface area contributed by atoms with Gasteiger partial charge in [-0.25, -0.2) is 9.18 Å². The third-order valence-electron chi connectivity index (χ3n) is 2.62. The van der Waals surface area contributed by atoms with E-state index in [9.17, 15) is 14.0 Å². The standard InChI is InChI=1S/C15H10Cl2FNO3/c16-12-6-5-11(7-13(12)17)19-14(20)8-22-15(21)9-1-3-10(18)4-2-9/h1-7H,8H2,(H,19,20). The summed E-state index contributed by atoms with van der Waals surface area (Å²) in [5.74, 6) is -1.72. The van der Waals surface area contributed by atoms with Crippen LogP contribution in [0.3, 0.4) is 0 Å². The molecule has 0 heterocycles.